The maximum atomic E-state index is 8.47. The van der Waals surface area contributed by atoms with E-state index < -0.39 is 14.0 Å². The van der Waals surface area contributed by atoms with Gasteiger partial charge in [-0.1, -0.05) is 113 Å². The van der Waals surface area contributed by atoms with Crippen molar-refractivity contribution < 1.29 is 30.3 Å². The monoisotopic (exact) mass is 838 g/mol. The summed E-state index contributed by atoms with van der Waals surface area (Å²) in [7, 11) is -1.23. The number of nitrogens with zero attached hydrogens (tertiary/aromatic N) is 2. The Bertz CT molecular complexity index is 2440. The number of rotatable bonds is 5. The number of pyridine rings is 2. The average Bonchev–Trinajstić information content (AvgIpc) is 3.66. The first-order valence-electron chi connectivity index (χ1n) is 17.0. The first kappa shape index (κ1) is 33.2. The number of furan rings is 2. The van der Waals surface area contributed by atoms with Gasteiger partial charge in [0, 0.05) is 39.3 Å². The summed E-state index contributed by atoms with van der Waals surface area (Å²) in [6.07, 6.45) is 3.77. The smallest absolute Gasteiger partial charge is 0.123 e. The Hall–Kier alpha value is -4.35. The van der Waals surface area contributed by atoms with E-state index in [1.165, 1.54) is 10.8 Å². The number of para-hydroxylation sites is 1. The van der Waals surface area contributed by atoms with Crippen LogP contribution in [0.15, 0.2) is 112 Å². The SMILES string of the molecule is C[Si](C)(C)c1ccc(-c2[c-]cccc2)nc1.[2H]C(C)(C)c1ccnc(-c2[c-]c3oc4ccccc4c3c3c2oc2cc(C(C)C)ccc23)c1.[Ir]. The number of fused-ring (bicyclic) bond motifs is 7. The second-order valence-electron chi connectivity index (χ2n) is 13.9. The van der Waals surface area contributed by atoms with Crippen molar-refractivity contribution in [2.45, 2.75) is 59.1 Å². The number of hydrogen-bond acceptors (Lipinski definition) is 4. The first-order chi connectivity index (χ1) is 23.4. The Morgan fingerprint density at radius 2 is 1.51 bits per heavy atom. The molecule has 8 rings (SSSR count). The Morgan fingerprint density at radius 1 is 0.735 bits per heavy atom. The summed E-state index contributed by atoms with van der Waals surface area (Å²) in [5.41, 5.74) is 8.77. The predicted molar refractivity (Wildman–Crippen MR) is 203 cm³/mol. The van der Waals surface area contributed by atoms with E-state index in [-0.39, 0.29) is 20.1 Å². The summed E-state index contributed by atoms with van der Waals surface area (Å²) in [5.74, 6) is -0.332. The molecule has 0 saturated heterocycles. The molecule has 0 spiro atoms. The van der Waals surface area contributed by atoms with Crippen LogP contribution in [-0.4, -0.2) is 18.0 Å². The van der Waals surface area contributed by atoms with Crippen molar-refractivity contribution in [1.29, 1.82) is 0 Å². The van der Waals surface area contributed by atoms with Crippen LogP contribution in [0.3, 0.4) is 0 Å². The summed E-state index contributed by atoms with van der Waals surface area (Å²) >= 11 is 0. The summed E-state index contributed by atoms with van der Waals surface area (Å²) in [6, 6.07) is 37.3. The summed E-state index contributed by atoms with van der Waals surface area (Å²) < 4.78 is 21.2. The predicted octanol–water partition coefficient (Wildman–Crippen LogP) is 11.7. The third kappa shape index (κ3) is 6.78. The fourth-order valence-electron chi connectivity index (χ4n) is 6.06. The third-order valence-corrected chi connectivity index (χ3v) is 10.9. The van der Waals surface area contributed by atoms with Crippen LogP contribution in [0.4, 0.5) is 0 Å². The molecule has 6 heteroatoms. The van der Waals surface area contributed by atoms with Gasteiger partial charge in [0.15, 0.2) is 0 Å². The zero-order valence-corrected chi connectivity index (χ0v) is 32.3. The van der Waals surface area contributed by atoms with Crippen LogP contribution in [0.5, 0.6) is 0 Å². The van der Waals surface area contributed by atoms with E-state index in [9.17, 15) is 0 Å². The van der Waals surface area contributed by atoms with Crippen molar-refractivity contribution in [3.8, 4) is 22.5 Å². The molecule has 0 atom stereocenters. The molecule has 0 aliphatic rings. The van der Waals surface area contributed by atoms with Gasteiger partial charge in [-0.25, -0.2) is 0 Å². The molecule has 0 aliphatic carbocycles. The molecular weight excluding hydrogens is 797 g/mol. The van der Waals surface area contributed by atoms with E-state index in [0.29, 0.717) is 11.5 Å². The summed E-state index contributed by atoms with van der Waals surface area (Å²) in [5, 5.41) is 5.53. The number of benzene rings is 4. The molecule has 0 unspecified atom stereocenters. The van der Waals surface area contributed by atoms with Gasteiger partial charge in [0.05, 0.1) is 19.2 Å². The van der Waals surface area contributed by atoms with Gasteiger partial charge in [-0.2, -0.15) is 0 Å². The van der Waals surface area contributed by atoms with Gasteiger partial charge in [0.1, 0.15) is 11.2 Å². The summed E-state index contributed by atoms with van der Waals surface area (Å²) in [4.78, 5) is 9.15. The Labute approximate surface area is 304 Å². The van der Waals surface area contributed by atoms with E-state index in [0.717, 1.165) is 66.4 Å². The summed E-state index contributed by atoms with van der Waals surface area (Å²) in [6.45, 7) is 15.1. The third-order valence-electron chi connectivity index (χ3n) is 8.90. The molecule has 0 amide bonds. The van der Waals surface area contributed by atoms with Crippen LogP contribution in [-0.2, 0) is 20.1 Å². The standard InChI is InChI=1S/C29H24NO2.C14H16NSi.Ir/c1-16(2)18-9-10-21-25(14-18)32-29-22(23-13-19(17(3)4)11-12-30-23)15-26-27(28(21)29)20-7-5-6-8-24(20)31-26;1-16(2,3)13-9-10-14(15-11-13)12-7-5-4-6-8-12;/h5-14,16-17H,1-4H3;4-7,9-11H,1-3H3;/q2*-1;/i17D;;. The molecule has 4 heterocycles. The van der Waals surface area contributed by atoms with Crippen molar-refractivity contribution in [3.05, 3.63) is 127 Å². The molecule has 0 N–H and O–H groups in total. The van der Waals surface area contributed by atoms with Gasteiger partial charge < -0.3 is 18.8 Å². The Balaban J connectivity index is 0.000000215. The molecule has 4 nitrogen and oxygen atoms in total. The molecular formula is C43H40IrN2O2Si-2. The van der Waals surface area contributed by atoms with Crippen LogP contribution in [0, 0.1) is 12.1 Å². The number of aromatic nitrogens is 2. The van der Waals surface area contributed by atoms with Gasteiger partial charge in [0.2, 0.25) is 0 Å². The normalized spacial score (nSPS) is 12.3. The van der Waals surface area contributed by atoms with Crippen molar-refractivity contribution in [2.75, 3.05) is 0 Å². The topological polar surface area (TPSA) is 52.1 Å². The van der Waals surface area contributed by atoms with Crippen LogP contribution in [0.2, 0.25) is 19.6 Å². The zero-order chi connectivity index (χ0) is 34.5. The minimum Gasteiger partial charge on any atom is -0.501 e. The van der Waals surface area contributed by atoms with Gasteiger partial charge in [-0.3, -0.25) is 0 Å². The van der Waals surface area contributed by atoms with Crippen LogP contribution >= 0.6 is 0 Å². The van der Waals surface area contributed by atoms with E-state index in [1.807, 2.05) is 74.6 Å². The van der Waals surface area contributed by atoms with E-state index >= 15 is 0 Å². The second kappa shape index (κ2) is 13.9. The Morgan fingerprint density at radius 3 is 2.20 bits per heavy atom. The minimum absolute atomic E-state index is 0. The molecule has 1 radical (unpaired) electrons. The number of hydrogen-bond donors (Lipinski definition) is 0. The minimum atomic E-state index is -1.23. The van der Waals surface area contributed by atoms with Gasteiger partial charge >= 0.3 is 0 Å². The molecule has 0 saturated carbocycles. The van der Waals surface area contributed by atoms with Crippen molar-refractivity contribution in [2.24, 2.45) is 0 Å². The maximum absolute atomic E-state index is 8.47. The van der Waals surface area contributed by atoms with Crippen molar-refractivity contribution in [1.82, 2.24) is 9.97 Å². The largest absolute Gasteiger partial charge is 0.501 e. The van der Waals surface area contributed by atoms with Gasteiger partial charge in [-0.15, -0.1) is 35.9 Å². The molecule has 249 valence electrons. The fraction of sp³-hybridized carbons (Fsp3) is 0.209. The van der Waals surface area contributed by atoms with E-state index in [2.05, 4.69) is 92.0 Å². The van der Waals surface area contributed by atoms with Gasteiger partial charge in [-0.05, 0) is 68.3 Å². The Kier molecular flexibility index (Phi) is 9.39. The van der Waals surface area contributed by atoms with Crippen molar-refractivity contribution >= 4 is 57.1 Å². The van der Waals surface area contributed by atoms with Crippen LogP contribution < -0.4 is 5.19 Å². The zero-order valence-electron chi connectivity index (χ0n) is 29.9. The average molecular weight is 838 g/mol. The molecule has 8 aromatic rings. The van der Waals surface area contributed by atoms with E-state index in [4.69, 9.17) is 10.2 Å². The van der Waals surface area contributed by atoms with Crippen LogP contribution in [0.1, 0.15) is 52.0 Å². The molecule has 0 fully saturated rings. The van der Waals surface area contributed by atoms with Crippen LogP contribution in [0.25, 0.3) is 66.4 Å². The maximum Gasteiger partial charge on any atom is 0.123 e. The quantitative estimate of drug-likeness (QED) is 0.128. The molecule has 4 aromatic heterocycles. The molecule has 0 bridgehead atoms. The second-order valence-corrected chi connectivity index (χ2v) is 19.0. The van der Waals surface area contributed by atoms with Crippen molar-refractivity contribution in [3.63, 3.8) is 0 Å². The molecule has 4 aromatic carbocycles. The fourth-order valence-corrected chi connectivity index (χ4v) is 7.09. The first-order valence-corrected chi connectivity index (χ1v) is 20.0. The molecule has 0 aliphatic heterocycles. The van der Waals surface area contributed by atoms with E-state index in [1.54, 1.807) is 6.20 Å². The van der Waals surface area contributed by atoms with Gasteiger partial charge in [0.25, 0.3) is 0 Å². The molecule has 49 heavy (non-hydrogen) atoms.